The molecule has 2 aliphatic carbocycles. The van der Waals surface area contributed by atoms with Crippen molar-refractivity contribution in [3.05, 3.63) is 83.4 Å². The number of ether oxygens (including phenoxy) is 2. The van der Waals surface area contributed by atoms with Crippen LogP contribution in [0.25, 0.3) is 28.2 Å². The van der Waals surface area contributed by atoms with E-state index < -0.39 is 11.4 Å². The van der Waals surface area contributed by atoms with Crippen molar-refractivity contribution in [2.45, 2.75) is 69.4 Å². The van der Waals surface area contributed by atoms with E-state index in [1.165, 1.54) is 42.0 Å². The van der Waals surface area contributed by atoms with Crippen LogP contribution in [0, 0.1) is 0 Å². The molecule has 0 saturated heterocycles. The topological polar surface area (TPSA) is 125 Å². The molecule has 2 heterocycles. The van der Waals surface area contributed by atoms with Gasteiger partial charge in [-0.1, -0.05) is 37.5 Å². The van der Waals surface area contributed by atoms with Crippen LogP contribution in [0.5, 0.6) is 11.5 Å². The number of nitrogens with one attached hydrogen (secondary N) is 2. The Morgan fingerprint density at radius 2 is 1.77 bits per heavy atom. The zero-order valence-electron chi connectivity index (χ0n) is 26.6. The Morgan fingerprint density at radius 3 is 2.47 bits per heavy atom. The molecule has 9 nitrogen and oxygen atoms in total. The number of aromatic nitrogens is 1. The molecule has 2 saturated carbocycles. The van der Waals surface area contributed by atoms with E-state index in [0.29, 0.717) is 43.2 Å². The summed E-state index contributed by atoms with van der Waals surface area (Å²) in [5.41, 5.74) is 10.7. The molecular weight excluding hydrogens is 592 g/mol. The number of hydrogen-bond donors (Lipinski definition) is 3. The van der Waals surface area contributed by atoms with Crippen LogP contribution in [0.3, 0.4) is 0 Å². The molecule has 0 bridgehead atoms. The van der Waals surface area contributed by atoms with Crippen LogP contribution in [0.15, 0.2) is 66.7 Å². The predicted molar refractivity (Wildman–Crippen MR) is 183 cm³/mol. The first kappa shape index (κ1) is 30.6. The average Bonchev–Trinajstić information content (AvgIpc) is 3.27. The maximum atomic E-state index is 13.9. The summed E-state index contributed by atoms with van der Waals surface area (Å²) >= 11 is 0. The van der Waals surface area contributed by atoms with Gasteiger partial charge in [-0.3, -0.25) is 14.4 Å². The Hall–Kier alpha value is -5.05. The van der Waals surface area contributed by atoms with E-state index in [0.717, 1.165) is 47.4 Å². The lowest BCUT2D eigenvalue weighted by Crippen LogP contribution is -2.61. The molecule has 47 heavy (non-hydrogen) atoms. The van der Waals surface area contributed by atoms with Gasteiger partial charge in [-0.25, -0.2) is 0 Å². The summed E-state index contributed by atoms with van der Waals surface area (Å²) in [6, 6.07) is 19.1. The summed E-state index contributed by atoms with van der Waals surface area (Å²) < 4.78 is 14.1. The zero-order valence-corrected chi connectivity index (χ0v) is 26.6. The van der Waals surface area contributed by atoms with Gasteiger partial charge < -0.3 is 30.4 Å². The van der Waals surface area contributed by atoms with Gasteiger partial charge in [0.05, 0.1) is 19.3 Å². The fourth-order valence-corrected chi connectivity index (χ4v) is 7.37. The minimum atomic E-state index is -0.980. The van der Waals surface area contributed by atoms with Crippen LogP contribution in [-0.4, -0.2) is 41.5 Å². The highest BCUT2D eigenvalue weighted by molar-refractivity contribution is 6.06. The molecular formula is C38H40N4O5. The smallest absolute Gasteiger partial charge is 0.252 e. The van der Waals surface area contributed by atoms with Crippen LogP contribution >= 0.6 is 0 Å². The molecule has 0 spiro atoms. The van der Waals surface area contributed by atoms with Gasteiger partial charge in [0, 0.05) is 39.9 Å². The first-order valence-corrected chi connectivity index (χ1v) is 16.5. The van der Waals surface area contributed by atoms with Crippen LogP contribution in [0.1, 0.15) is 78.8 Å². The van der Waals surface area contributed by atoms with Crippen molar-refractivity contribution in [2.24, 2.45) is 5.73 Å². The van der Waals surface area contributed by atoms with E-state index in [-0.39, 0.29) is 11.8 Å². The third-order valence-electron chi connectivity index (χ3n) is 10.00. The largest absolute Gasteiger partial charge is 0.497 e. The Kier molecular flexibility index (Phi) is 8.22. The van der Waals surface area contributed by atoms with Gasteiger partial charge in [-0.15, -0.1) is 0 Å². The Morgan fingerprint density at radius 1 is 0.979 bits per heavy atom. The highest BCUT2D eigenvalue weighted by atomic mass is 16.5. The normalized spacial score (nSPS) is 17.1. The zero-order chi connectivity index (χ0) is 32.5. The van der Waals surface area contributed by atoms with Crippen molar-refractivity contribution in [3.63, 3.8) is 0 Å². The van der Waals surface area contributed by atoms with Crippen LogP contribution in [-0.2, 0) is 16.1 Å². The second kappa shape index (κ2) is 12.6. The number of nitrogens with two attached hydrogens (primary N) is 1. The van der Waals surface area contributed by atoms with Crippen molar-refractivity contribution < 1.29 is 23.9 Å². The number of hydrogen-bond acceptors (Lipinski definition) is 5. The lowest BCUT2D eigenvalue weighted by molar-refractivity contribution is -0.125. The van der Waals surface area contributed by atoms with Crippen LogP contribution < -0.4 is 25.8 Å². The van der Waals surface area contributed by atoms with E-state index >= 15 is 0 Å². The van der Waals surface area contributed by atoms with E-state index in [1.807, 2.05) is 24.3 Å². The van der Waals surface area contributed by atoms with Crippen LogP contribution in [0.4, 0.5) is 5.69 Å². The quantitative estimate of drug-likeness (QED) is 0.190. The highest BCUT2D eigenvalue weighted by Crippen LogP contribution is 2.48. The number of amides is 3. The molecule has 4 N–H and O–H groups in total. The van der Waals surface area contributed by atoms with Gasteiger partial charge >= 0.3 is 0 Å². The van der Waals surface area contributed by atoms with Gasteiger partial charge in [0.2, 0.25) is 11.8 Å². The second-order valence-electron chi connectivity index (χ2n) is 12.9. The maximum Gasteiger partial charge on any atom is 0.252 e. The van der Waals surface area contributed by atoms with E-state index in [4.69, 9.17) is 15.2 Å². The first-order chi connectivity index (χ1) is 22.8. The molecule has 7 rings (SSSR count). The third-order valence-corrected chi connectivity index (χ3v) is 10.00. The molecule has 9 heteroatoms. The fourth-order valence-electron chi connectivity index (χ4n) is 7.37. The van der Waals surface area contributed by atoms with Gasteiger partial charge in [0.25, 0.3) is 5.91 Å². The minimum Gasteiger partial charge on any atom is -0.497 e. The van der Waals surface area contributed by atoms with Gasteiger partial charge in [-0.2, -0.15) is 0 Å². The molecule has 0 unspecified atom stereocenters. The number of anilines is 1. The van der Waals surface area contributed by atoms with E-state index in [1.54, 1.807) is 37.5 Å². The summed E-state index contributed by atoms with van der Waals surface area (Å²) in [7, 11) is 1.66. The average molecular weight is 633 g/mol. The van der Waals surface area contributed by atoms with Gasteiger partial charge in [0.15, 0.2) is 0 Å². The molecule has 1 aromatic heterocycles. The van der Waals surface area contributed by atoms with Crippen LogP contribution in [0.2, 0.25) is 0 Å². The monoisotopic (exact) mass is 632 g/mol. The SMILES string of the molecule is COc1ccc2c(c1)OCCn1c-2c(C2CCCCC2)c2ccc(C(=O)NC3(C(=O)Nc4ccc(C=CC(N)=O)cc4)CCC3)cc21. The molecule has 3 aliphatic rings. The molecule has 242 valence electrons. The molecule has 0 atom stereocenters. The molecule has 4 aromatic rings. The predicted octanol–water partition coefficient (Wildman–Crippen LogP) is 6.55. The van der Waals surface area contributed by atoms with Crippen molar-refractivity contribution in [2.75, 3.05) is 19.0 Å². The number of methoxy groups -OCH3 is 1. The van der Waals surface area contributed by atoms with Gasteiger partial charge in [-0.05, 0) is 91.6 Å². The second-order valence-corrected chi connectivity index (χ2v) is 12.9. The number of primary amides is 1. The molecule has 3 amide bonds. The van der Waals surface area contributed by atoms with E-state index in [9.17, 15) is 14.4 Å². The molecule has 1 aliphatic heterocycles. The van der Waals surface area contributed by atoms with Gasteiger partial charge in [0.1, 0.15) is 23.6 Å². The van der Waals surface area contributed by atoms with E-state index in [2.05, 4.69) is 27.3 Å². The van der Waals surface area contributed by atoms with Crippen molar-refractivity contribution in [3.8, 4) is 22.8 Å². The Bertz CT molecular complexity index is 1880. The fraction of sp³-hybridized carbons (Fsp3) is 0.342. The molecule has 0 radical (unpaired) electrons. The summed E-state index contributed by atoms with van der Waals surface area (Å²) in [6.07, 6.45) is 10.9. The number of rotatable bonds is 8. The highest BCUT2D eigenvalue weighted by Gasteiger charge is 2.45. The summed E-state index contributed by atoms with van der Waals surface area (Å²) in [6.45, 7) is 1.16. The van der Waals surface area contributed by atoms with Crippen molar-refractivity contribution >= 4 is 40.4 Å². The third kappa shape index (κ3) is 5.86. The number of benzene rings is 3. The van der Waals surface area contributed by atoms with Crippen molar-refractivity contribution in [1.29, 1.82) is 0 Å². The lowest BCUT2D eigenvalue weighted by atomic mass is 9.75. The summed E-state index contributed by atoms with van der Waals surface area (Å²) in [5, 5.41) is 7.25. The number of carbonyl (C=O) groups excluding carboxylic acids is 3. The minimum absolute atomic E-state index is 0.237. The summed E-state index contributed by atoms with van der Waals surface area (Å²) in [4.78, 5) is 38.4. The molecule has 3 aromatic carbocycles. The number of carbonyl (C=O) groups is 3. The summed E-state index contributed by atoms with van der Waals surface area (Å²) in [5.74, 6) is 0.981. The Labute approximate surface area is 274 Å². The maximum absolute atomic E-state index is 13.9. The Balaban J connectivity index is 1.19. The lowest BCUT2D eigenvalue weighted by Gasteiger charge is -2.40. The standard InChI is InChI=1S/C38H40N4O5/c1-46-28-14-16-30-32(23-28)47-21-20-42-31-22-26(11-15-29(31)34(35(30)42)25-6-3-2-4-7-25)36(44)41-38(18-5-19-38)37(45)40-27-12-8-24(9-13-27)10-17-33(39)43/h8-17,22-23,25H,2-7,18-21H2,1H3,(H2,39,43)(H,40,45)(H,41,44). The molecule has 2 fully saturated rings. The first-order valence-electron chi connectivity index (χ1n) is 16.5. The number of nitrogens with zero attached hydrogens (tertiary/aromatic N) is 1. The number of fused-ring (bicyclic) bond motifs is 5. The van der Waals surface area contributed by atoms with Crippen molar-refractivity contribution in [1.82, 2.24) is 9.88 Å².